The third kappa shape index (κ3) is 3.90. The van der Waals surface area contributed by atoms with Crippen molar-refractivity contribution in [3.63, 3.8) is 0 Å². The second kappa shape index (κ2) is 8.22. The zero-order chi connectivity index (χ0) is 21.3. The maximum atomic E-state index is 9.78. The quantitative estimate of drug-likeness (QED) is 0.512. The van der Waals surface area contributed by atoms with Gasteiger partial charge in [-0.25, -0.2) is 0 Å². The second-order valence-corrected chi connectivity index (χ2v) is 7.46. The van der Waals surface area contributed by atoms with Gasteiger partial charge in [-0.1, -0.05) is 35.5 Å². The molecule has 0 bridgehead atoms. The zero-order valence-corrected chi connectivity index (χ0v) is 17.2. The molecule has 7 heteroatoms. The summed E-state index contributed by atoms with van der Waals surface area (Å²) in [5.41, 5.74) is 6.50. The summed E-state index contributed by atoms with van der Waals surface area (Å²) in [6.45, 7) is 3.69. The van der Waals surface area contributed by atoms with Crippen molar-refractivity contribution >= 4 is 0 Å². The van der Waals surface area contributed by atoms with Gasteiger partial charge < -0.3 is 14.7 Å². The number of aryl methyl sites for hydroxylation is 3. The van der Waals surface area contributed by atoms with E-state index in [1.807, 2.05) is 69.4 Å². The van der Waals surface area contributed by atoms with E-state index >= 15 is 0 Å². The predicted molar refractivity (Wildman–Crippen MR) is 114 cm³/mol. The molecule has 1 unspecified atom stereocenters. The third-order valence-electron chi connectivity index (χ3n) is 5.20. The molecule has 4 aromatic rings. The van der Waals surface area contributed by atoms with E-state index < -0.39 is 6.10 Å². The summed E-state index contributed by atoms with van der Waals surface area (Å²) in [4.78, 5) is 4.54. The first-order valence-corrected chi connectivity index (χ1v) is 9.79. The maximum absolute atomic E-state index is 9.78. The summed E-state index contributed by atoms with van der Waals surface area (Å²) in [5, 5.41) is 27.6. The van der Waals surface area contributed by atoms with Crippen molar-refractivity contribution in [1.82, 2.24) is 19.9 Å². The first kappa shape index (κ1) is 20.0. The normalized spacial score (nSPS) is 12.3. The molecule has 0 spiro atoms. The Hall–Kier alpha value is -3.29. The van der Waals surface area contributed by atoms with Gasteiger partial charge in [0.15, 0.2) is 5.69 Å². The molecule has 0 aliphatic heterocycles. The van der Waals surface area contributed by atoms with Crippen LogP contribution >= 0.6 is 0 Å². The zero-order valence-electron chi connectivity index (χ0n) is 17.2. The molecule has 30 heavy (non-hydrogen) atoms. The van der Waals surface area contributed by atoms with Gasteiger partial charge in [-0.2, -0.15) is 10.1 Å². The summed E-state index contributed by atoms with van der Waals surface area (Å²) in [6.07, 6.45) is -0.365. The van der Waals surface area contributed by atoms with E-state index in [1.54, 1.807) is 4.68 Å². The van der Waals surface area contributed by atoms with Gasteiger partial charge in [0.1, 0.15) is 0 Å². The van der Waals surface area contributed by atoms with Gasteiger partial charge in [0.2, 0.25) is 5.82 Å². The molecule has 0 saturated heterocycles. The van der Waals surface area contributed by atoms with Crippen LogP contribution in [0.5, 0.6) is 0 Å². The highest BCUT2D eigenvalue weighted by atomic mass is 16.5. The Morgan fingerprint density at radius 3 is 2.40 bits per heavy atom. The SMILES string of the molecule is Cc1cc(-c2noc(-c3cc(-c4ccccc4)n(C)n3)n2)cc(C)c1CC(O)CO. The van der Waals surface area contributed by atoms with Crippen molar-refractivity contribution in [2.45, 2.75) is 26.4 Å². The lowest BCUT2D eigenvalue weighted by Gasteiger charge is -2.14. The summed E-state index contributed by atoms with van der Waals surface area (Å²) < 4.78 is 7.29. The molecule has 0 amide bonds. The molecular weight excluding hydrogens is 380 g/mol. The Bertz CT molecular complexity index is 1140. The largest absolute Gasteiger partial charge is 0.394 e. The summed E-state index contributed by atoms with van der Waals surface area (Å²) in [7, 11) is 1.88. The fourth-order valence-electron chi connectivity index (χ4n) is 3.64. The highest BCUT2D eigenvalue weighted by molar-refractivity contribution is 5.66. The van der Waals surface area contributed by atoms with Gasteiger partial charge in [0.05, 0.1) is 18.4 Å². The lowest BCUT2D eigenvalue weighted by Crippen LogP contribution is -2.16. The highest BCUT2D eigenvalue weighted by Crippen LogP contribution is 2.28. The van der Waals surface area contributed by atoms with Crippen molar-refractivity contribution in [3.05, 3.63) is 65.2 Å². The van der Waals surface area contributed by atoms with Crippen molar-refractivity contribution in [2.75, 3.05) is 6.61 Å². The number of hydrogen-bond acceptors (Lipinski definition) is 6. The van der Waals surface area contributed by atoms with Gasteiger partial charge in [0.25, 0.3) is 5.89 Å². The van der Waals surface area contributed by atoms with Crippen LogP contribution in [0.2, 0.25) is 0 Å². The van der Waals surface area contributed by atoms with Crippen LogP contribution in [0, 0.1) is 13.8 Å². The molecular formula is C23H24N4O3. The maximum Gasteiger partial charge on any atom is 0.278 e. The van der Waals surface area contributed by atoms with Crippen LogP contribution in [0.1, 0.15) is 16.7 Å². The Kier molecular flexibility index (Phi) is 5.48. The monoisotopic (exact) mass is 404 g/mol. The van der Waals surface area contributed by atoms with E-state index in [-0.39, 0.29) is 6.61 Å². The number of benzene rings is 2. The minimum atomic E-state index is -0.770. The molecule has 0 radical (unpaired) electrons. The minimum Gasteiger partial charge on any atom is -0.394 e. The van der Waals surface area contributed by atoms with E-state index in [0.29, 0.717) is 23.8 Å². The molecule has 4 rings (SSSR count). The summed E-state index contributed by atoms with van der Waals surface area (Å²) in [5.74, 6) is 0.843. The van der Waals surface area contributed by atoms with Crippen LogP contribution < -0.4 is 0 Å². The van der Waals surface area contributed by atoms with Crippen LogP contribution in [0.15, 0.2) is 53.1 Å². The van der Waals surface area contributed by atoms with Crippen LogP contribution in [0.4, 0.5) is 0 Å². The number of nitrogens with zero attached hydrogens (tertiary/aromatic N) is 4. The van der Waals surface area contributed by atoms with E-state index in [9.17, 15) is 5.11 Å². The highest BCUT2D eigenvalue weighted by Gasteiger charge is 2.18. The van der Waals surface area contributed by atoms with Gasteiger partial charge in [0, 0.05) is 19.0 Å². The van der Waals surface area contributed by atoms with E-state index in [2.05, 4.69) is 15.2 Å². The fraction of sp³-hybridized carbons (Fsp3) is 0.261. The molecule has 2 N–H and O–H groups in total. The Morgan fingerprint density at radius 2 is 1.73 bits per heavy atom. The first-order chi connectivity index (χ1) is 14.5. The van der Waals surface area contributed by atoms with Crippen molar-refractivity contribution in [2.24, 2.45) is 7.05 Å². The molecule has 0 fully saturated rings. The fourth-order valence-corrected chi connectivity index (χ4v) is 3.64. The van der Waals surface area contributed by atoms with Gasteiger partial charge in [-0.05, 0) is 54.3 Å². The number of aromatic nitrogens is 4. The van der Waals surface area contributed by atoms with Gasteiger partial charge in [-0.3, -0.25) is 4.68 Å². The van der Waals surface area contributed by atoms with E-state index in [4.69, 9.17) is 9.63 Å². The number of hydrogen-bond donors (Lipinski definition) is 2. The van der Waals surface area contributed by atoms with Crippen LogP contribution in [0.25, 0.3) is 34.2 Å². The van der Waals surface area contributed by atoms with Crippen LogP contribution in [0.3, 0.4) is 0 Å². The van der Waals surface area contributed by atoms with E-state index in [1.165, 1.54) is 0 Å². The van der Waals surface area contributed by atoms with Crippen LogP contribution in [-0.2, 0) is 13.5 Å². The Balaban J connectivity index is 1.64. The molecule has 154 valence electrons. The molecule has 1 atom stereocenters. The smallest absolute Gasteiger partial charge is 0.278 e. The number of aliphatic hydroxyl groups is 2. The number of aliphatic hydroxyl groups excluding tert-OH is 2. The van der Waals surface area contributed by atoms with Gasteiger partial charge >= 0.3 is 0 Å². The van der Waals surface area contributed by atoms with Crippen LogP contribution in [-0.4, -0.2) is 42.8 Å². The lowest BCUT2D eigenvalue weighted by molar-refractivity contribution is 0.0953. The summed E-state index contributed by atoms with van der Waals surface area (Å²) in [6, 6.07) is 15.9. The molecule has 0 saturated carbocycles. The van der Waals surface area contributed by atoms with Crippen molar-refractivity contribution < 1.29 is 14.7 Å². The molecule has 2 aromatic heterocycles. The molecule has 2 aromatic carbocycles. The standard InChI is InChI=1S/C23H24N4O3/c1-14-9-17(10-15(2)19(14)11-18(29)13-28)22-24-23(30-26-22)20-12-21(27(3)25-20)16-7-5-4-6-8-16/h4-10,12,18,28-29H,11,13H2,1-3H3. The molecule has 2 heterocycles. The first-order valence-electron chi connectivity index (χ1n) is 9.79. The Labute approximate surface area is 174 Å². The van der Waals surface area contributed by atoms with Crippen molar-refractivity contribution in [1.29, 1.82) is 0 Å². The molecule has 0 aliphatic rings. The van der Waals surface area contributed by atoms with E-state index in [0.717, 1.165) is 33.5 Å². The van der Waals surface area contributed by atoms with Crippen molar-refractivity contribution in [3.8, 4) is 34.2 Å². The summed E-state index contributed by atoms with van der Waals surface area (Å²) >= 11 is 0. The van der Waals surface area contributed by atoms with Gasteiger partial charge in [-0.15, -0.1) is 0 Å². The average molecular weight is 404 g/mol. The predicted octanol–water partition coefficient (Wildman–Crippen LogP) is 3.32. The molecule has 0 aliphatic carbocycles. The molecule has 7 nitrogen and oxygen atoms in total. The Morgan fingerprint density at radius 1 is 1.03 bits per heavy atom. The topological polar surface area (TPSA) is 97.2 Å². The lowest BCUT2D eigenvalue weighted by atomic mass is 9.95. The average Bonchev–Trinajstić information content (AvgIpc) is 3.38. The third-order valence-corrected chi connectivity index (χ3v) is 5.20. The number of rotatable bonds is 6. The second-order valence-electron chi connectivity index (χ2n) is 7.46. The minimum absolute atomic E-state index is 0.260.